The van der Waals surface area contributed by atoms with Crippen LogP contribution in [0, 0.1) is 11.3 Å². The van der Waals surface area contributed by atoms with Gasteiger partial charge in [-0.2, -0.15) is 5.26 Å². The molecule has 42 heavy (non-hydrogen) atoms. The van der Waals surface area contributed by atoms with Crippen LogP contribution in [0.25, 0.3) is 44.5 Å². The highest BCUT2D eigenvalue weighted by atomic mass is 32.2. The number of fused-ring (bicyclic) bond motifs is 1. The van der Waals surface area contributed by atoms with E-state index >= 15 is 0 Å². The normalized spacial score (nSPS) is 11.3. The van der Waals surface area contributed by atoms with Gasteiger partial charge in [0.05, 0.1) is 29.0 Å². The number of ether oxygens (including phenoxy) is 1. The van der Waals surface area contributed by atoms with E-state index in [1.807, 2.05) is 85.1 Å². The first-order valence-electron chi connectivity index (χ1n) is 13.3. The van der Waals surface area contributed by atoms with E-state index in [2.05, 4.69) is 15.8 Å². The summed E-state index contributed by atoms with van der Waals surface area (Å²) in [5.41, 5.74) is 6.80. The van der Waals surface area contributed by atoms with Gasteiger partial charge in [-0.1, -0.05) is 72.8 Å². The molecule has 0 aliphatic rings. The van der Waals surface area contributed by atoms with Crippen molar-refractivity contribution in [1.29, 1.82) is 5.26 Å². The Morgan fingerprint density at radius 3 is 2.26 bits per heavy atom. The lowest BCUT2D eigenvalue weighted by Gasteiger charge is -2.14. The summed E-state index contributed by atoms with van der Waals surface area (Å²) in [6.45, 7) is 0.149. The summed E-state index contributed by atoms with van der Waals surface area (Å²) >= 11 is 0. The van der Waals surface area contributed by atoms with Crippen LogP contribution in [0.1, 0.15) is 11.1 Å². The smallest absolute Gasteiger partial charge is 0.240 e. The third-order valence-corrected chi connectivity index (χ3v) is 8.56. The standard InChI is InChI=1S/C34H26N4O3S/c1-41-26-17-15-24(16-18-26)29-19-33(38-34(30(29)20-35)31-22-36-32-10-6-5-9-28(31)32)25-13-11-23(12-14-25)21-37-42(39,40)27-7-3-2-4-8-27/h2-19,22,36-37H,21H2,1H3. The Morgan fingerprint density at radius 2 is 1.55 bits per heavy atom. The number of nitrogens with one attached hydrogen (secondary N) is 2. The maximum absolute atomic E-state index is 12.7. The van der Waals surface area contributed by atoms with Crippen LogP contribution in [0.3, 0.4) is 0 Å². The lowest BCUT2D eigenvalue weighted by Crippen LogP contribution is -2.23. The van der Waals surface area contributed by atoms with E-state index in [9.17, 15) is 13.7 Å². The van der Waals surface area contributed by atoms with Gasteiger partial charge in [-0.25, -0.2) is 18.1 Å². The van der Waals surface area contributed by atoms with Crippen LogP contribution in [0.15, 0.2) is 120 Å². The molecule has 0 radical (unpaired) electrons. The van der Waals surface area contributed by atoms with Gasteiger partial charge >= 0.3 is 0 Å². The van der Waals surface area contributed by atoms with Crippen molar-refractivity contribution in [2.45, 2.75) is 11.4 Å². The molecule has 2 heterocycles. The second-order valence-electron chi connectivity index (χ2n) is 9.70. The maximum atomic E-state index is 12.7. The Balaban J connectivity index is 1.41. The molecule has 8 heteroatoms. The fourth-order valence-corrected chi connectivity index (χ4v) is 5.96. The minimum atomic E-state index is -3.62. The van der Waals surface area contributed by atoms with E-state index in [0.717, 1.165) is 44.5 Å². The van der Waals surface area contributed by atoms with Gasteiger partial charge in [-0.3, -0.25) is 0 Å². The number of nitriles is 1. The van der Waals surface area contributed by atoms with E-state index in [1.165, 1.54) is 0 Å². The van der Waals surface area contributed by atoms with Crippen molar-refractivity contribution in [2.75, 3.05) is 7.11 Å². The first-order chi connectivity index (χ1) is 20.5. The number of para-hydroxylation sites is 1. The van der Waals surface area contributed by atoms with Gasteiger partial charge in [-0.15, -0.1) is 0 Å². The SMILES string of the molecule is COc1ccc(-c2cc(-c3ccc(CNS(=O)(=O)c4ccccc4)cc3)nc(-c3c[nH]c4ccccc34)c2C#N)cc1. The largest absolute Gasteiger partial charge is 0.497 e. The zero-order chi connectivity index (χ0) is 29.1. The van der Waals surface area contributed by atoms with Gasteiger partial charge in [0.2, 0.25) is 10.0 Å². The minimum absolute atomic E-state index is 0.149. The summed E-state index contributed by atoms with van der Waals surface area (Å²) in [7, 11) is -2.01. The van der Waals surface area contributed by atoms with E-state index in [-0.39, 0.29) is 11.4 Å². The van der Waals surface area contributed by atoms with Crippen LogP contribution in [-0.2, 0) is 16.6 Å². The van der Waals surface area contributed by atoms with Crippen molar-refractivity contribution in [3.05, 3.63) is 127 Å². The zero-order valence-electron chi connectivity index (χ0n) is 22.7. The highest BCUT2D eigenvalue weighted by Crippen LogP contribution is 2.37. The molecule has 0 fully saturated rings. The van der Waals surface area contributed by atoms with Gasteiger partial charge in [0.1, 0.15) is 11.8 Å². The van der Waals surface area contributed by atoms with Crippen molar-refractivity contribution < 1.29 is 13.2 Å². The number of benzene rings is 4. The molecule has 0 amide bonds. The third kappa shape index (κ3) is 5.27. The number of rotatable bonds is 8. The molecular formula is C34H26N4O3S. The van der Waals surface area contributed by atoms with E-state index < -0.39 is 10.0 Å². The highest BCUT2D eigenvalue weighted by molar-refractivity contribution is 7.89. The predicted molar refractivity (Wildman–Crippen MR) is 164 cm³/mol. The number of hydrogen-bond acceptors (Lipinski definition) is 5. The molecule has 0 saturated heterocycles. The average Bonchev–Trinajstić information content (AvgIpc) is 3.48. The second-order valence-corrected chi connectivity index (χ2v) is 11.5. The number of aromatic nitrogens is 2. The van der Waals surface area contributed by atoms with Crippen LogP contribution < -0.4 is 9.46 Å². The van der Waals surface area contributed by atoms with Crippen molar-refractivity contribution in [2.24, 2.45) is 0 Å². The number of aromatic amines is 1. The molecule has 2 aromatic heterocycles. The van der Waals surface area contributed by atoms with Crippen molar-refractivity contribution in [3.8, 4) is 45.5 Å². The summed E-state index contributed by atoms with van der Waals surface area (Å²) in [6.07, 6.45) is 1.89. The third-order valence-electron chi connectivity index (χ3n) is 7.15. The molecule has 0 aliphatic carbocycles. The predicted octanol–water partition coefficient (Wildman–Crippen LogP) is 6.92. The molecule has 6 aromatic rings. The van der Waals surface area contributed by atoms with Crippen LogP contribution in [0.5, 0.6) is 5.75 Å². The summed E-state index contributed by atoms with van der Waals surface area (Å²) < 4.78 is 33.3. The fourth-order valence-electron chi connectivity index (χ4n) is 4.92. The van der Waals surface area contributed by atoms with Gasteiger partial charge in [0, 0.05) is 40.3 Å². The molecule has 6 rings (SSSR count). The Kier molecular flexibility index (Phi) is 7.28. The number of hydrogen-bond donors (Lipinski definition) is 2. The van der Waals surface area contributed by atoms with Crippen LogP contribution in [-0.4, -0.2) is 25.5 Å². The number of nitrogens with zero attached hydrogens (tertiary/aromatic N) is 2. The Hall–Kier alpha value is -5.23. The Morgan fingerprint density at radius 1 is 0.857 bits per heavy atom. The average molecular weight is 571 g/mol. The summed E-state index contributed by atoms with van der Waals surface area (Å²) in [6, 6.07) is 35.7. The number of methoxy groups -OCH3 is 1. The first-order valence-corrected chi connectivity index (χ1v) is 14.8. The lowest BCUT2D eigenvalue weighted by atomic mass is 9.94. The van der Waals surface area contributed by atoms with Gasteiger partial charge in [0.25, 0.3) is 0 Å². The number of H-pyrrole nitrogens is 1. The molecule has 0 unspecified atom stereocenters. The molecule has 4 aromatic carbocycles. The molecule has 0 atom stereocenters. The van der Waals surface area contributed by atoms with Gasteiger partial charge in [0.15, 0.2) is 0 Å². The molecule has 7 nitrogen and oxygen atoms in total. The summed E-state index contributed by atoms with van der Waals surface area (Å²) in [5.74, 6) is 0.724. The monoisotopic (exact) mass is 570 g/mol. The molecule has 0 saturated carbocycles. The first kappa shape index (κ1) is 27.0. The van der Waals surface area contributed by atoms with E-state index in [1.54, 1.807) is 37.4 Å². The summed E-state index contributed by atoms with van der Waals surface area (Å²) in [5, 5.41) is 11.3. The maximum Gasteiger partial charge on any atom is 0.240 e. The lowest BCUT2D eigenvalue weighted by molar-refractivity contribution is 0.415. The van der Waals surface area contributed by atoms with Crippen LogP contribution >= 0.6 is 0 Å². The quantitative estimate of drug-likeness (QED) is 0.206. The topological polar surface area (TPSA) is 108 Å². The van der Waals surface area contributed by atoms with Crippen LogP contribution in [0.2, 0.25) is 0 Å². The Labute approximate surface area is 244 Å². The minimum Gasteiger partial charge on any atom is -0.497 e. The fraction of sp³-hybridized carbons (Fsp3) is 0.0588. The van der Waals surface area contributed by atoms with E-state index in [4.69, 9.17) is 9.72 Å². The molecular weight excluding hydrogens is 544 g/mol. The van der Waals surface area contributed by atoms with Crippen molar-refractivity contribution in [3.63, 3.8) is 0 Å². The molecule has 0 spiro atoms. The molecule has 0 aliphatic heterocycles. The number of pyridine rings is 1. The van der Waals surface area contributed by atoms with Crippen molar-refractivity contribution in [1.82, 2.24) is 14.7 Å². The van der Waals surface area contributed by atoms with Gasteiger partial charge in [-0.05, 0) is 47.5 Å². The molecule has 2 N–H and O–H groups in total. The van der Waals surface area contributed by atoms with Crippen LogP contribution in [0.4, 0.5) is 0 Å². The van der Waals surface area contributed by atoms with E-state index in [0.29, 0.717) is 17.0 Å². The van der Waals surface area contributed by atoms with Crippen molar-refractivity contribution >= 4 is 20.9 Å². The summed E-state index contributed by atoms with van der Waals surface area (Å²) in [4.78, 5) is 8.52. The molecule has 0 bridgehead atoms. The second kappa shape index (κ2) is 11.3. The Bertz CT molecular complexity index is 2030. The zero-order valence-corrected chi connectivity index (χ0v) is 23.5. The molecule has 206 valence electrons. The van der Waals surface area contributed by atoms with Gasteiger partial charge < -0.3 is 9.72 Å². The highest BCUT2D eigenvalue weighted by Gasteiger charge is 2.19. The number of sulfonamides is 1.